The first-order valence-corrected chi connectivity index (χ1v) is 17.2. The van der Waals surface area contributed by atoms with Crippen LogP contribution in [0.1, 0.15) is 73.0 Å². The third-order valence-corrected chi connectivity index (χ3v) is 8.41. The highest BCUT2D eigenvalue weighted by molar-refractivity contribution is 7.45. The van der Waals surface area contributed by atoms with E-state index in [1.165, 1.54) is 32.7 Å². The second kappa shape index (κ2) is 21.8. The van der Waals surface area contributed by atoms with Crippen LogP contribution in [-0.2, 0) is 18.8 Å². The first-order valence-electron chi connectivity index (χ1n) is 16.1. The summed E-state index contributed by atoms with van der Waals surface area (Å²) in [7, 11) is 1.74. The zero-order valence-corrected chi connectivity index (χ0v) is 29.3. The van der Waals surface area contributed by atoms with Crippen molar-refractivity contribution in [2.24, 2.45) is 17.6 Å². The summed E-state index contributed by atoms with van der Waals surface area (Å²) in [4.78, 5) is 24.1. The zero-order chi connectivity index (χ0) is 33.9. The second-order valence-electron chi connectivity index (χ2n) is 10.9. The molecule has 258 valence electrons. The Kier molecular flexibility index (Phi) is 18.6. The van der Waals surface area contributed by atoms with Gasteiger partial charge < -0.3 is 39.5 Å². The molecule has 14 heteroatoms. The molecule has 1 fully saturated rings. The van der Waals surface area contributed by atoms with Gasteiger partial charge in [0.1, 0.15) is 18.3 Å². The number of fused-ring (bicyclic) bond motifs is 1. The Morgan fingerprint density at radius 1 is 1.15 bits per heavy atom. The molecular weight excluding hydrogens is 609 g/mol. The van der Waals surface area contributed by atoms with E-state index in [0.717, 1.165) is 25.2 Å². The number of anilines is 1. The van der Waals surface area contributed by atoms with Crippen molar-refractivity contribution in [3.63, 3.8) is 0 Å². The van der Waals surface area contributed by atoms with E-state index in [0.29, 0.717) is 36.0 Å². The van der Waals surface area contributed by atoms with E-state index in [-0.39, 0.29) is 24.2 Å². The Morgan fingerprint density at radius 2 is 1.85 bits per heavy atom. The Hall–Kier alpha value is -2.93. The number of rotatable bonds is 17. The van der Waals surface area contributed by atoms with Crippen LogP contribution < -0.4 is 25.8 Å². The van der Waals surface area contributed by atoms with Crippen molar-refractivity contribution in [2.45, 2.75) is 85.1 Å². The molecule has 0 radical (unpaired) electrons. The summed E-state index contributed by atoms with van der Waals surface area (Å²) in [5.74, 6) is 2.10. The molecule has 1 aliphatic rings. The van der Waals surface area contributed by atoms with Gasteiger partial charge in [0.15, 0.2) is 11.2 Å². The maximum Gasteiger partial charge on any atom is 0.318 e. The molecule has 0 amide bonds. The number of benzene rings is 1. The van der Waals surface area contributed by atoms with E-state index in [1.54, 1.807) is 20.4 Å². The lowest BCUT2D eigenvalue weighted by atomic mass is 10.00. The number of nitrogen functional groups attached to an aromatic ring is 1. The van der Waals surface area contributed by atoms with Gasteiger partial charge in [-0.2, -0.15) is 9.97 Å². The van der Waals surface area contributed by atoms with Crippen LogP contribution in [0.5, 0.6) is 11.6 Å². The molecule has 3 heterocycles. The fraction of sp³-hybridized carbons (Fsp3) is 0.625. The molecule has 4 unspecified atom stereocenters. The highest BCUT2D eigenvalue weighted by Crippen LogP contribution is 2.40. The van der Waals surface area contributed by atoms with Gasteiger partial charge in [-0.1, -0.05) is 51.8 Å². The predicted molar refractivity (Wildman–Crippen MR) is 182 cm³/mol. The first-order chi connectivity index (χ1) is 22.3. The maximum absolute atomic E-state index is 11.1. The van der Waals surface area contributed by atoms with Crippen LogP contribution in [0.15, 0.2) is 36.7 Å². The lowest BCUT2D eigenvalue weighted by molar-refractivity contribution is -0.108. The van der Waals surface area contributed by atoms with E-state index in [2.05, 4.69) is 46.5 Å². The number of methoxy groups -OCH3 is 1. The van der Waals surface area contributed by atoms with Crippen molar-refractivity contribution in [3.8, 4) is 11.6 Å². The van der Waals surface area contributed by atoms with E-state index in [4.69, 9.17) is 29.0 Å². The topological polar surface area (TPSA) is 171 Å². The SMILES string of the molecule is CCCC(CCC)COC.CCOc1nc(N)nc2c1ncn2C1OC(COP(N[C@@H](C)C=O)Oc2ccccc2)CC1C.CN. The standard InChI is InChI=1S/C22H29N6O5P.C9H20O.CH5N/c1-4-30-20-18-19(25-22(23)26-20)28(13-24-18)21-14(2)10-17(32-21)12-31-34(27-15(3)11-29)33-16-8-6-5-7-9-16;1-4-6-9(7-5-2)8-10-3;1-2/h5-9,11,13-15,17,21,27H,4,10,12H2,1-3H3,(H2,23,25,26);9H,4-8H2,1-3H3;2H2,1H3/t14?,15-,17?,21?,34?;;/m0../s1. The van der Waals surface area contributed by atoms with Crippen molar-refractivity contribution < 1.29 is 28.1 Å². The highest BCUT2D eigenvalue weighted by atomic mass is 31.2. The van der Waals surface area contributed by atoms with E-state index in [1.807, 2.05) is 41.8 Å². The van der Waals surface area contributed by atoms with E-state index in [9.17, 15) is 4.79 Å². The Balaban J connectivity index is 0.000000526. The van der Waals surface area contributed by atoms with Crippen LogP contribution >= 0.6 is 8.53 Å². The number of carbonyl (C=O) groups is 1. The molecule has 0 bridgehead atoms. The number of nitrogens with two attached hydrogens (primary N) is 2. The number of aromatic nitrogens is 4. The molecule has 2 aromatic heterocycles. The minimum atomic E-state index is -1.55. The molecule has 3 aromatic rings. The molecule has 0 saturated carbocycles. The second-order valence-corrected chi connectivity index (χ2v) is 12.1. The van der Waals surface area contributed by atoms with Gasteiger partial charge in [0.25, 0.3) is 0 Å². The van der Waals surface area contributed by atoms with Gasteiger partial charge in [-0.05, 0) is 58.2 Å². The number of imidazole rings is 1. The van der Waals surface area contributed by atoms with Gasteiger partial charge in [0.2, 0.25) is 11.8 Å². The first kappa shape index (κ1) is 39.2. The molecule has 5 N–H and O–H groups in total. The van der Waals surface area contributed by atoms with Crippen LogP contribution in [0.4, 0.5) is 5.95 Å². The van der Waals surface area contributed by atoms with E-state index < -0.39 is 14.6 Å². The van der Waals surface area contributed by atoms with Crippen molar-refractivity contribution in [1.82, 2.24) is 24.6 Å². The molecule has 13 nitrogen and oxygen atoms in total. The minimum Gasteiger partial charge on any atom is -0.476 e. The predicted octanol–water partition coefficient (Wildman–Crippen LogP) is 5.65. The molecule has 46 heavy (non-hydrogen) atoms. The fourth-order valence-corrected chi connectivity index (χ4v) is 6.26. The summed E-state index contributed by atoms with van der Waals surface area (Å²) in [6, 6.07) is 8.92. The van der Waals surface area contributed by atoms with E-state index >= 15 is 0 Å². The molecule has 4 rings (SSSR count). The zero-order valence-electron chi connectivity index (χ0n) is 28.4. The summed E-state index contributed by atoms with van der Waals surface area (Å²) in [5.41, 5.74) is 11.5. The third-order valence-electron chi connectivity index (χ3n) is 7.03. The van der Waals surface area contributed by atoms with Gasteiger partial charge >= 0.3 is 8.53 Å². The Bertz CT molecular complexity index is 1240. The third kappa shape index (κ3) is 12.4. The van der Waals surface area contributed by atoms with Gasteiger partial charge in [0, 0.05) is 19.6 Å². The normalized spacial score (nSPS) is 18.7. The molecular formula is C32H54N7O6P. The van der Waals surface area contributed by atoms with Gasteiger partial charge in [-0.3, -0.25) is 4.57 Å². The Morgan fingerprint density at radius 3 is 2.46 bits per heavy atom. The van der Waals surface area contributed by atoms with Crippen LogP contribution in [0.2, 0.25) is 0 Å². The average molecular weight is 664 g/mol. The Labute approximate surface area is 275 Å². The molecule has 5 atom stereocenters. The van der Waals surface area contributed by atoms with Crippen molar-refractivity contribution in [2.75, 3.05) is 39.7 Å². The largest absolute Gasteiger partial charge is 0.476 e. The number of nitrogens with zero attached hydrogens (tertiary/aromatic N) is 4. The summed E-state index contributed by atoms with van der Waals surface area (Å²) in [6.07, 6.45) is 7.98. The number of carbonyl (C=O) groups excluding carboxylic acids is 1. The summed E-state index contributed by atoms with van der Waals surface area (Å²) in [5, 5.41) is 3.07. The van der Waals surface area contributed by atoms with Crippen molar-refractivity contribution in [1.29, 1.82) is 0 Å². The summed E-state index contributed by atoms with van der Waals surface area (Å²) < 4.78 is 30.8. The molecule has 1 aromatic carbocycles. The maximum atomic E-state index is 11.1. The van der Waals surface area contributed by atoms with Crippen LogP contribution in [0, 0.1) is 11.8 Å². The minimum absolute atomic E-state index is 0.113. The monoisotopic (exact) mass is 663 g/mol. The molecule has 1 saturated heterocycles. The van der Waals surface area contributed by atoms with Gasteiger partial charge in [0.05, 0.1) is 31.7 Å². The average Bonchev–Trinajstić information content (AvgIpc) is 3.64. The lowest BCUT2D eigenvalue weighted by Gasteiger charge is -2.22. The fourth-order valence-electron chi connectivity index (χ4n) is 5.07. The molecule has 1 aliphatic heterocycles. The molecule has 0 aliphatic carbocycles. The number of hydrogen-bond acceptors (Lipinski definition) is 12. The number of aldehydes is 1. The summed E-state index contributed by atoms with van der Waals surface area (Å²) in [6.45, 7) is 11.9. The van der Waals surface area contributed by atoms with Crippen molar-refractivity contribution >= 4 is 31.9 Å². The smallest absolute Gasteiger partial charge is 0.318 e. The van der Waals surface area contributed by atoms with Crippen LogP contribution in [0.25, 0.3) is 11.2 Å². The molecule has 0 spiro atoms. The summed E-state index contributed by atoms with van der Waals surface area (Å²) >= 11 is 0. The van der Waals surface area contributed by atoms with Crippen LogP contribution in [-0.4, -0.2) is 71.9 Å². The van der Waals surface area contributed by atoms with Gasteiger partial charge in [-0.25, -0.2) is 10.1 Å². The quantitative estimate of drug-likeness (QED) is 0.120. The number of ether oxygens (including phenoxy) is 3. The highest BCUT2D eigenvalue weighted by Gasteiger charge is 2.36. The van der Waals surface area contributed by atoms with Gasteiger partial charge in [-0.15, -0.1) is 0 Å². The lowest BCUT2D eigenvalue weighted by Crippen LogP contribution is -2.26. The number of nitrogens with one attached hydrogen (secondary N) is 1. The van der Waals surface area contributed by atoms with Crippen molar-refractivity contribution in [3.05, 3.63) is 36.7 Å². The number of para-hydroxylation sites is 1. The van der Waals surface area contributed by atoms with Crippen LogP contribution in [0.3, 0.4) is 0 Å². The number of hydrogen-bond donors (Lipinski definition) is 3.